The van der Waals surface area contributed by atoms with Crippen LogP contribution in [-0.4, -0.2) is 61.0 Å². The van der Waals surface area contributed by atoms with Gasteiger partial charge in [0.05, 0.1) is 4.90 Å². The molecular weight excluding hydrogens is 424 g/mol. The van der Waals surface area contributed by atoms with E-state index in [0.717, 1.165) is 57.2 Å². The Kier molecular flexibility index (Phi) is 6.66. The maximum atomic E-state index is 13.9. The number of rotatable bonds is 5. The average Bonchev–Trinajstić information content (AvgIpc) is 3.48. The fourth-order valence-corrected chi connectivity index (χ4v) is 8.16. The summed E-state index contributed by atoms with van der Waals surface area (Å²) < 4.78 is 26.4. The number of benzene rings is 1. The molecule has 2 saturated heterocycles. The molecule has 0 aromatic heterocycles. The standard InChI is InChI=1S/C25H36N2O4S/c1-19-7-8-20(2)22(17-19)32(30,31)25(11-3-4-12-25)24(29)27-15-9-21(10-16-27)18-23(28)26-13-5-6-14-26/h7-8,17,21H,3-6,9-16,18H2,1-2H3. The van der Waals surface area contributed by atoms with Gasteiger partial charge < -0.3 is 9.80 Å². The fourth-order valence-electron chi connectivity index (χ4n) is 5.72. The molecule has 32 heavy (non-hydrogen) atoms. The highest BCUT2D eigenvalue weighted by atomic mass is 32.2. The van der Waals surface area contributed by atoms with Crippen molar-refractivity contribution in [1.29, 1.82) is 0 Å². The molecule has 1 aromatic rings. The van der Waals surface area contributed by atoms with E-state index in [-0.39, 0.29) is 17.7 Å². The molecule has 0 atom stereocenters. The number of carbonyl (C=O) groups is 2. The van der Waals surface area contributed by atoms with Gasteiger partial charge in [-0.1, -0.05) is 25.0 Å². The molecule has 176 valence electrons. The minimum Gasteiger partial charge on any atom is -0.343 e. The zero-order valence-corrected chi connectivity index (χ0v) is 20.3. The molecule has 2 amide bonds. The van der Waals surface area contributed by atoms with Gasteiger partial charge in [0, 0.05) is 32.6 Å². The lowest BCUT2D eigenvalue weighted by atomic mass is 9.92. The number of hydrogen-bond donors (Lipinski definition) is 0. The molecule has 0 radical (unpaired) electrons. The minimum atomic E-state index is -3.80. The Hall–Kier alpha value is -1.89. The smallest absolute Gasteiger partial charge is 0.244 e. The Morgan fingerprint density at radius 3 is 2.19 bits per heavy atom. The number of amides is 2. The monoisotopic (exact) mass is 460 g/mol. The summed E-state index contributed by atoms with van der Waals surface area (Å²) in [7, 11) is -3.80. The lowest BCUT2D eigenvalue weighted by molar-refractivity contribution is -0.135. The molecule has 3 aliphatic rings. The molecule has 1 aromatic carbocycles. The van der Waals surface area contributed by atoms with Crippen molar-refractivity contribution in [2.24, 2.45) is 5.92 Å². The summed E-state index contributed by atoms with van der Waals surface area (Å²) >= 11 is 0. The topological polar surface area (TPSA) is 74.8 Å². The predicted octanol–water partition coefficient (Wildman–Crippen LogP) is 3.64. The Morgan fingerprint density at radius 2 is 1.56 bits per heavy atom. The van der Waals surface area contributed by atoms with Crippen molar-refractivity contribution in [3.05, 3.63) is 29.3 Å². The van der Waals surface area contributed by atoms with Crippen LogP contribution in [0.15, 0.2) is 23.1 Å². The Morgan fingerprint density at radius 1 is 0.938 bits per heavy atom. The van der Waals surface area contributed by atoms with Crippen LogP contribution in [0.25, 0.3) is 0 Å². The third-order valence-corrected chi connectivity index (χ3v) is 10.4. The third-order valence-electron chi connectivity index (χ3n) is 7.77. The predicted molar refractivity (Wildman–Crippen MR) is 124 cm³/mol. The quantitative estimate of drug-likeness (QED) is 0.672. The van der Waals surface area contributed by atoms with E-state index in [0.29, 0.717) is 42.8 Å². The van der Waals surface area contributed by atoms with Crippen LogP contribution in [0, 0.1) is 19.8 Å². The van der Waals surface area contributed by atoms with Crippen molar-refractivity contribution in [3.63, 3.8) is 0 Å². The van der Waals surface area contributed by atoms with Crippen LogP contribution in [0.2, 0.25) is 0 Å². The molecule has 1 saturated carbocycles. The molecule has 0 spiro atoms. The van der Waals surface area contributed by atoms with Gasteiger partial charge in [0.1, 0.15) is 0 Å². The molecule has 6 nitrogen and oxygen atoms in total. The Bertz CT molecular complexity index is 968. The largest absolute Gasteiger partial charge is 0.343 e. The molecule has 0 bridgehead atoms. The Labute approximate surface area is 192 Å². The van der Waals surface area contributed by atoms with Gasteiger partial charge in [-0.3, -0.25) is 9.59 Å². The highest BCUT2D eigenvalue weighted by Crippen LogP contribution is 2.43. The van der Waals surface area contributed by atoms with Crippen LogP contribution in [0.3, 0.4) is 0 Å². The first-order valence-electron chi connectivity index (χ1n) is 12.1. The highest BCUT2D eigenvalue weighted by molar-refractivity contribution is 7.93. The Balaban J connectivity index is 1.48. The second-order valence-corrected chi connectivity index (χ2v) is 12.2. The number of aryl methyl sites for hydroxylation is 2. The van der Waals surface area contributed by atoms with E-state index in [9.17, 15) is 18.0 Å². The van der Waals surface area contributed by atoms with Crippen LogP contribution in [0.1, 0.15) is 68.9 Å². The number of piperidine rings is 1. The van der Waals surface area contributed by atoms with Crippen molar-refractivity contribution in [1.82, 2.24) is 9.80 Å². The first-order chi connectivity index (χ1) is 15.2. The molecular formula is C25H36N2O4S. The normalized spacial score (nSPS) is 21.8. The van der Waals surface area contributed by atoms with Gasteiger partial charge in [-0.2, -0.15) is 0 Å². The molecule has 4 rings (SSSR count). The van der Waals surface area contributed by atoms with E-state index in [1.807, 2.05) is 30.9 Å². The lowest BCUT2D eigenvalue weighted by Crippen LogP contribution is -2.54. The number of hydrogen-bond acceptors (Lipinski definition) is 4. The van der Waals surface area contributed by atoms with Crippen LogP contribution >= 0.6 is 0 Å². The second kappa shape index (κ2) is 9.16. The number of likely N-dealkylation sites (tertiary alicyclic amines) is 2. The second-order valence-electron chi connectivity index (χ2n) is 10.0. The van der Waals surface area contributed by atoms with Crippen molar-refractivity contribution in [3.8, 4) is 0 Å². The fraction of sp³-hybridized carbons (Fsp3) is 0.680. The van der Waals surface area contributed by atoms with Gasteiger partial charge in [-0.25, -0.2) is 8.42 Å². The summed E-state index contributed by atoms with van der Waals surface area (Å²) in [6.45, 7) is 6.52. The molecule has 7 heteroatoms. The van der Waals surface area contributed by atoms with Crippen LogP contribution in [0.4, 0.5) is 0 Å². The van der Waals surface area contributed by atoms with Crippen molar-refractivity contribution in [2.45, 2.75) is 81.3 Å². The molecule has 2 heterocycles. The number of carbonyl (C=O) groups excluding carboxylic acids is 2. The summed E-state index contributed by atoms with van der Waals surface area (Å²) in [4.78, 5) is 30.3. The van der Waals surface area contributed by atoms with Gasteiger partial charge >= 0.3 is 0 Å². The van der Waals surface area contributed by atoms with E-state index in [1.165, 1.54) is 0 Å². The van der Waals surface area contributed by atoms with Crippen molar-refractivity contribution < 1.29 is 18.0 Å². The van der Waals surface area contributed by atoms with Gasteiger partial charge in [-0.05, 0) is 75.5 Å². The van der Waals surface area contributed by atoms with E-state index in [1.54, 1.807) is 11.0 Å². The molecule has 2 aliphatic heterocycles. The van der Waals surface area contributed by atoms with E-state index < -0.39 is 14.6 Å². The molecule has 1 aliphatic carbocycles. The highest BCUT2D eigenvalue weighted by Gasteiger charge is 2.55. The molecule has 3 fully saturated rings. The number of sulfone groups is 1. The minimum absolute atomic E-state index is 0.222. The van der Waals surface area contributed by atoms with Gasteiger partial charge in [0.25, 0.3) is 0 Å². The lowest BCUT2D eigenvalue weighted by Gasteiger charge is -2.38. The summed E-state index contributed by atoms with van der Waals surface area (Å²) in [5, 5.41) is 0. The summed E-state index contributed by atoms with van der Waals surface area (Å²) in [5.41, 5.74) is 1.59. The maximum Gasteiger partial charge on any atom is 0.244 e. The number of nitrogens with zero attached hydrogens (tertiary/aromatic N) is 2. The summed E-state index contributed by atoms with van der Waals surface area (Å²) in [6.07, 6.45) is 6.59. The summed E-state index contributed by atoms with van der Waals surface area (Å²) in [5.74, 6) is 0.291. The van der Waals surface area contributed by atoms with Crippen molar-refractivity contribution in [2.75, 3.05) is 26.2 Å². The zero-order chi connectivity index (χ0) is 22.9. The van der Waals surface area contributed by atoms with Gasteiger partial charge in [0.2, 0.25) is 11.8 Å². The van der Waals surface area contributed by atoms with Crippen molar-refractivity contribution >= 4 is 21.7 Å². The molecule has 0 N–H and O–H groups in total. The van der Waals surface area contributed by atoms with E-state index >= 15 is 0 Å². The third kappa shape index (κ3) is 4.20. The van der Waals surface area contributed by atoms with E-state index in [4.69, 9.17) is 0 Å². The SMILES string of the molecule is Cc1ccc(C)c(S(=O)(=O)C2(C(=O)N3CCC(CC(=O)N4CCCC4)CC3)CCCC2)c1. The van der Waals surface area contributed by atoms with Gasteiger partial charge in [0.15, 0.2) is 14.6 Å². The van der Waals surface area contributed by atoms with Crippen LogP contribution in [0.5, 0.6) is 0 Å². The van der Waals surface area contributed by atoms with Gasteiger partial charge in [-0.15, -0.1) is 0 Å². The van der Waals surface area contributed by atoms with E-state index in [2.05, 4.69) is 0 Å². The zero-order valence-electron chi connectivity index (χ0n) is 19.4. The summed E-state index contributed by atoms with van der Waals surface area (Å²) in [6, 6.07) is 5.46. The molecule has 0 unspecified atom stereocenters. The van der Waals surface area contributed by atoms with Crippen LogP contribution in [-0.2, 0) is 19.4 Å². The maximum absolute atomic E-state index is 13.9. The average molecular weight is 461 g/mol. The first kappa shape index (κ1) is 23.3. The first-order valence-corrected chi connectivity index (χ1v) is 13.6. The van der Waals surface area contributed by atoms with Crippen LogP contribution < -0.4 is 0 Å².